The summed E-state index contributed by atoms with van der Waals surface area (Å²) in [7, 11) is 0. The molecule has 0 saturated carbocycles. The van der Waals surface area contributed by atoms with Crippen molar-refractivity contribution in [2.24, 2.45) is 11.8 Å². The Hall–Kier alpha value is -0.0800. The van der Waals surface area contributed by atoms with Crippen LogP contribution in [0.3, 0.4) is 0 Å². The Morgan fingerprint density at radius 1 is 0.882 bits per heavy atom. The predicted molar refractivity (Wildman–Crippen MR) is 72.2 cm³/mol. The van der Waals surface area contributed by atoms with Gasteiger partial charge in [0.05, 0.1) is 0 Å². The van der Waals surface area contributed by atoms with Crippen molar-refractivity contribution in [1.82, 2.24) is 5.32 Å². The van der Waals surface area contributed by atoms with E-state index >= 15 is 0 Å². The third kappa shape index (κ3) is 5.39. The Morgan fingerprint density at radius 3 is 2.47 bits per heavy atom. The number of nitrogens with one attached hydrogen (secondary N) is 1. The van der Waals surface area contributed by atoms with Gasteiger partial charge in [0, 0.05) is 13.2 Å². The molecule has 0 aromatic rings. The van der Waals surface area contributed by atoms with Crippen LogP contribution >= 0.6 is 0 Å². The first-order chi connectivity index (χ1) is 8.45. The molecule has 2 heteroatoms. The van der Waals surface area contributed by atoms with Crippen molar-refractivity contribution < 1.29 is 4.74 Å². The van der Waals surface area contributed by atoms with Gasteiger partial charge in [-0.1, -0.05) is 25.7 Å². The van der Waals surface area contributed by atoms with Gasteiger partial charge < -0.3 is 10.1 Å². The van der Waals surface area contributed by atoms with Gasteiger partial charge in [0.2, 0.25) is 0 Å². The smallest absolute Gasteiger partial charge is 0.0468 e. The second-order valence-corrected chi connectivity index (χ2v) is 5.91. The monoisotopic (exact) mass is 239 g/mol. The van der Waals surface area contributed by atoms with Crippen molar-refractivity contribution in [2.45, 2.75) is 57.8 Å². The van der Waals surface area contributed by atoms with Gasteiger partial charge in [-0.2, -0.15) is 0 Å². The first-order valence-electron chi connectivity index (χ1n) is 7.73. The summed E-state index contributed by atoms with van der Waals surface area (Å²) in [6.45, 7) is 4.55. The summed E-state index contributed by atoms with van der Waals surface area (Å²) in [5, 5.41) is 3.57. The Balaban J connectivity index is 1.49. The molecule has 2 nitrogen and oxygen atoms in total. The summed E-state index contributed by atoms with van der Waals surface area (Å²) in [5.41, 5.74) is 0. The molecule has 2 aliphatic heterocycles. The van der Waals surface area contributed by atoms with Crippen LogP contribution in [0.5, 0.6) is 0 Å². The summed E-state index contributed by atoms with van der Waals surface area (Å²) in [6, 6.07) is 0. The lowest BCUT2D eigenvalue weighted by Gasteiger charge is -2.22. The molecular weight excluding hydrogens is 210 g/mol. The summed E-state index contributed by atoms with van der Waals surface area (Å²) in [4.78, 5) is 0. The molecule has 0 spiro atoms. The van der Waals surface area contributed by atoms with Crippen LogP contribution in [0, 0.1) is 11.8 Å². The second-order valence-electron chi connectivity index (χ2n) is 5.91. The van der Waals surface area contributed by atoms with E-state index in [1.165, 1.54) is 70.9 Å². The van der Waals surface area contributed by atoms with Crippen molar-refractivity contribution >= 4 is 0 Å². The van der Waals surface area contributed by atoms with E-state index in [9.17, 15) is 0 Å². The van der Waals surface area contributed by atoms with E-state index in [-0.39, 0.29) is 0 Å². The fraction of sp³-hybridized carbons (Fsp3) is 1.00. The van der Waals surface area contributed by atoms with E-state index in [1.807, 2.05) is 0 Å². The van der Waals surface area contributed by atoms with E-state index in [0.717, 1.165) is 25.0 Å². The Kier molecular flexibility index (Phi) is 6.36. The zero-order valence-corrected chi connectivity index (χ0v) is 11.3. The normalized spacial score (nSPS) is 27.9. The lowest BCUT2D eigenvalue weighted by Crippen LogP contribution is -2.20. The fourth-order valence-electron chi connectivity index (χ4n) is 3.24. The molecule has 0 radical (unpaired) electrons. The van der Waals surface area contributed by atoms with Gasteiger partial charge in [-0.05, 0) is 57.0 Å². The van der Waals surface area contributed by atoms with E-state index < -0.39 is 0 Å². The summed E-state index contributed by atoms with van der Waals surface area (Å²) < 4.78 is 5.41. The molecule has 0 amide bonds. The molecule has 2 heterocycles. The molecule has 2 rings (SSSR count). The van der Waals surface area contributed by atoms with Gasteiger partial charge >= 0.3 is 0 Å². The van der Waals surface area contributed by atoms with E-state index in [2.05, 4.69) is 5.32 Å². The van der Waals surface area contributed by atoms with E-state index in [4.69, 9.17) is 4.74 Å². The van der Waals surface area contributed by atoms with Crippen LogP contribution in [-0.4, -0.2) is 26.3 Å². The van der Waals surface area contributed by atoms with Crippen LogP contribution in [-0.2, 0) is 4.74 Å². The maximum Gasteiger partial charge on any atom is 0.0468 e. The second kappa shape index (κ2) is 8.10. The number of hydrogen-bond donors (Lipinski definition) is 1. The average molecular weight is 239 g/mol. The van der Waals surface area contributed by atoms with Crippen LogP contribution in [0.1, 0.15) is 57.8 Å². The molecule has 2 aliphatic rings. The Morgan fingerprint density at radius 2 is 1.65 bits per heavy atom. The van der Waals surface area contributed by atoms with Gasteiger partial charge in [0.1, 0.15) is 0 Å². The molecule has 0 aliphatic carbocycles. The minimum atomic E-state index is 0.965. The third-order valence-electron chi connectivity index (χ3n) is 4.46. The van der Waals surface area contributed by atoms with E-state index in [0.29, 0.717) is 0 Å². The molecule has 1 atom stereocenters. The standard InChI is InChI=1S/C15H29NO/c1(5-14-8-11-17-12-9-14)2-6-15-7-3-4-10-16-13-15/h14-16H,1-13H2. The first kappa shape index (κ1) is 13.4. The molecule has 0 aromatic heterocycles. The zero-order chi connectivity index (χ0) is 11.8. The maximum atomic E-state index is 5.41. The summed E-state index contributed by atoms with van der Waals surface area (Å²) in [6.07, 6.45) is 12.7. The highest BCUT2D eigenvalue weighted by atomic mass is 16.5. The molecule has 2 fully saturated rings. The van der Waals surface area contributed by atoms with Crippen LogP contribution in [0.25, 0.3) is 0 Å². The van der Waals surface area contributed by atoms with Gasteiger partial charge in [-0.15, -0.1) is 0 Å². The number of hydrogen-bond acceptors (Lipinski definition) is 2. The Labute approximate surface area is 107 Å². The number of rotatable bonds is 5. The maximum absolute atomic E-state index is 5.41. The molecule has 1 N–H and O–H groups in total. The molecule has 2 saturated heterocycles. The van der Waals surface area contributed by atoms with Crippen LogP contribution in [0.2, 0.25) is 0 Å². The molecule has 0 bridgehead atoms. The van der Waals surface area contributed by atoms with Crippen molar-refractivity contribution in [3.05, 3.63) is 0 Å². The molecule has 0 aromatic carbocycles. The first-order valence-corrected chi connectivity index (χ1v) is 7.73. The van der Waals surface area contributed by atoms with Crippen molar-refractivity contribution in [1.29, 1.82) is 0 Å². The lowest BCUT2D eigenvalue weighted by molar-refractivity contribution is 0.0630. The van der Waals surface area contributed by atoms with Crippen LogP contribution < -0.4 is 5.32 Å². The van der Waals surface area contributed by atoms with Crippen LogP contribution in [0.4, 0.5) is 0 Å². The van der Waals surface area contributed by atoms with Crippen molar-refractivity contribution in [3.63, 3.8) is 0 Å². The topological polar surface area (TPSA) is 21.3 Å². The highest BCUT2D eigenvalue weighted by molar-refractivity contribution is 4.68. The third-order valence-corrected chi connectivity index (χ3v) is 4.46. The molecule has 100 valence electrons. The lowest BCUT2D eigenvalue weighted by atomic mass is 9.91. The van der Waals surface area contributed by atoms with Gasteiger partial charge in [-0.3, -0.25) is 0 Å². The van der Waals surface area contributed by atoms with Gasteiger partial charge in [0.25, 0.3) is 0 Å². The molecule has 1 unspecified atom stereocenters. The highest BCUT2D eigenvalue weighted by Gasteiger charge is 2.14. The highest BCUT2D eigenvalue weighted by Crippen LogP contribution is 2.23. The predicted octanol–water partition coefficient (Wildman–Crippen LogP) is 3.36. The Bertz CT molecular complexity index is 181. The average Bonchev–Trinajstić information content (AvgIpc) is 2.65. The van der Waals surface area contributed by atoms with Crippen LogP contribution in [0.15, 0.2) is 0 Å². The fourth-order valence-corrected chi connectivity index (χ4v) is 3.24. The minimum Gasteiger partial charge on any atom is -0.381 e. The molecule has 17 heavy (non-hydrogen) atoms. The van der Waals surface area contributed by atoms with Crippen molar-refractivity contribution in [2.75, 3.05) is 26.3 Å². The van der Waals surface area contributed by atoms with E-state index in [1.54, 1.807) is 0 Å². The largest absolute Gasteiger partial charge is 0.381 e. The molecular formula is C15H29NO. The minimum absolute atomic E-state index is 0.965. The van der Waals surface area contributed by atoms with Gasteiger partial charge in [0.15, 0.2) is 0 Å². The number of unbranched alkanes of at least 4 members (excludes halogenated alkanes) is 1. The summed E-state index contributed by atoms with van der Waals surface area (Å²) in [5.74, 6) is 1.93. The van der Waals surface area contributed by atoms with Gasteiger partial charge in [-0.25, -0.2) is 0 Å². The summed E-state index contributed by atoms with van der Waals surface area (Å²) >= 11 is 0. The SMILES string of the molecule is C1CCC(CCCCC2CCOCC2)CNC1. The number of ether oxygens (including phenoxy) is 1. The zero-order valence-electron chi connectivity index (χ0n) is 11.3. The quantitative estimate of drug-likeness (QED) is 0.743. The van der Waals surface area contributed by atoms with Crippen molar-refractivity contribution in [3.8, 4) is 0 Å².